The van der Waals surface area contributed by atoms with Crippen LogP contribution in [0.4, 0.5) is 8.78 Å². The second kappa shape index (κ2) is 6.79. The van der Waals surface area contributed by atoms with Crippen molar-refractivity contribution in [2.75, 3.05) is 0 Å². The fraction of sp³-hybridized carbons (Fsp3) is 0.125. The molecule has 0 saturated heterocycles. The molecule has 122 valence electrons. The summed E-state index contributed by atoms with van der Waals surface area (Å²) in [7, 11) is 0. The summed E-state index contributed by atoms with van der Waals surface area (Å²) in [5.41, 5.74) is 1.77. The van der Waals surface area contributed by atoms with Gasteiger partial charge in [-0.2, -0.15) is 0 Å². The molecule has 24 heavy (non-hydrogen) atoms. The van der Waals surface area contributed by atoms with E-state index in [1.807, 2.05) is 0 Å². The Morgan fingerprint density at radius 1 is 1.21 bits per heavy atom. The molecule has 2 heterocycles. The number of benzene rings is 1. The number of nitrogens with zero attached hydrogens (tertiary/aromatic N) is 3. The van der Waals surface area contributed by atoms with Crippen molar-refractivity contribution >= 4 is 17.3 Å². The molecule has 0 saturated carbocycles. The van der Waals surface area contributed by atoms with Gasteiger partial charge in [0.2, 0.25) is 0 Å². The number of thiazole rings is 1. The molecule has 5 nitrogen and oxygen atoms in total. The summed E-state index contributed by atoms with van der Waals surface area (Å²) in [4.78, 5) is 24.2. The molecule has 0 unspecified atom stereocenters. The quantitative estimate of drug-likeness (QED) is 0.676. The summed E-state index contributed by atoms with van der Waals surface area (Å²) >= 11 is 1.14. The predicted molar refractivity (Wildman–Crippen MR) is 83.4 cm³/mol. The topological polar surface area (TPSA) is 65.0 Å². The maximum absolute atomic E-state index is 13.3. The standard InChI is InChI=1S/C16H11F2N3O2S/c1-9-5-20-11(6-19-9)7-23-16(22)14-8-24-15(21-14)10-2-3-12(17)13(18)4-10/h2-6,8H,7H2,1H3. The van der Waals surface area contributed by atoms with Gasteiger partial charge in [-0.25, -0.2) is 18.6 Å². The minimum absolute atomic E-state index is 0.0237. The molecule has 0 bridgehead atoms. The van der Waals surface area contributed by atoms with Gasteiger partial charge in [-0.05, 0) is 25.1 Å². The lowest BCUT2D eigenvalue weighted by atomic mass is 10.2. The van der Waals surface area contributed by atoms with Crippen LogP contribution in [0.1, 0.15) is 21.9 Å². The lowest BCUT2D eigenvalue weighted by molar-refractivity contribution is 0.0461. The minimum atomic E-state index is -0.968. The molecular weight excluding hydrogens is 336 g/mol. The normalized spacial score (nSPS) is 10.6. The van der Waals surface area contributed by atoms with E-state index in [4.69, 9.17) is 4.74 Å². The average molecular weight is 347 g/mol. The van der Waals surface area contributed by atoms with Crippen molar-refractivity contribution in [3.8, 4) is 10.6 Å². The first kappa shape index (κ1) is 16.1. The Labute approximate surface area is 140 Å². The Balaban J connectivity index is 1.69. The SMILES string of the molecule is Cc1cnc(COC(=O)c2csc(-c3ccc(F)c(F)c3)n2)cn1. The van der Waals surface area contributed by atoms with Crippen LogP contribution >= 0.6 is 11.3 Å². The van der Waals surface area contributed by atoms with E-state index in [9.17, 15) is 13.6 Å². The van der Waals surface area contributed by atoms with E-state index < -0.39 is 17.6 Å². The van der Waals surface area contributed by atoms with Crippen LogP contribution in [-0.4, -0.2) is 20.9 Å². The van der Waals surface area contributed by atoms with Gasteiger partial charge in [0.05, 0.1) is 17.6 Å². The fourth-order valence-electron chi connectivity index (χ4n) is 1.84. The van der Waals surface area contributed by atoms with Gasteiger partial charge in [-0.3, -0.25) is 9.97 Å². The monoisotopic (exact) mass is 347 g/mol. The molecule has 0 aliphatic carbocycles. The number of ether oxygens (including phenoxy) is 1. The number of esters is 1. The first-order chi connectivity index (χ1) is 11.5. The number of aromatic nitrogens is 3. The van der Waals surface area contributed by atoms with Crippen molar-refractivity contribution in [1.82, 2.24) is 15.0 Å². The number of carbonyl (C=O) groups excluding carboxylic acids is 1. The predicted octanol–water partition coefficient (Wildman–Crippen LogP) is 3.54. The van der Waals surface area contributed by atoms with Crippen molar-refractivity contribution in [2.24, 2.45) is 0 Å². The third-order valence-corrected chi connectivity index (χ3v) is 3.96. The molecule has 0 aliphatic rings. The van der Waals surface area contributed by atoms with Crippen molar-refractivity contribution < 1.29 is 18.3 Å². The van der Waals surface area contributed by atoms with Crippen LogP contribution in [0.2, 0.25) is 0 Å². The summed E-state index contributed by atoms with van der Waals surface area (Å²) < 4.78 is 31.3. The summed E-state index contributed by atoms with van der Waals surface area (Å²) in [6.07, 6.45) is 3.10. The van der Waals surface area contributed by atoms with Gasteiger partial charge >= 0.3 is 5.97 Å². The van der Waals surface area contributed by atoms with E-state index in [-0.39, 0.29) is 12.3 Å². The molecule has 1 aromatic carbocycles. The zero-order valence-electron chi connectivity index (χ0n) is 12.5. The third-order valence-electron chi connectivity index (χ3n) is 3.07. The van der Waals surface area contributed by atoms with Crippen molar-refractivity contribution in [3.63, 3.8) is 0 Å². The van der Waals surface area contributed by atoms with E-state index in [1.54, 1.807) is 13.1 Å². The van der Waals surface area contributed by atoms with Gasteiger partial charge in [-0.15, -0.1) is 11.3 Å². The summed E-state index contributed by atoms with van der Waals surface area (Å²) in [5.74, 6) is -2.53. The number of hydrogen-bond acceptors (Lipinski definition) is 6. The van der Waals surface area contributed by atoms with Gasteiger partial charge in [0.1, 0.15) is 11.6 Å². The van der Waals surface area contributed by atoms with Crippen molar-refractivity contribution in [3.05, 3.63) is 64.7 Å². The highest BCUT2D eigenvalue weighted by Crippen LogP contribution is 2.25. The third kappa shape index (κ3) is 3.60. The second-order valence-corrected chi connectivity index (χ2v) is 5.75. The van der Waals surface area contributed by atoms with Crippen LogP contribution in [0.25, 0.3) is 10.6 Å². The van der Waals surface area contributed by atoms with Crippen LogP contribution in [0.15, 0.2) is 36.0 Å². The van der Waals surface area contributed by atoms with E-state index in [0.29, 0.717) is 16.3 Å². The zero-order valence-corrected chi connectivity index (χ0v) is 13.3. The van der Waals surface area contributed by atoms with Crippen molar-refractivity contribution in [2.45, 2.75) is 13.5 Å². The molecule has 0 atom stereocenters. The van der Waals surface area contributed by atoms with E-state index in [0.717, 1.165) is 29.2 Å². The number of hydrogen-bond donors (Lipinski definition) is 0. The van der Waals surface area contributed by atoms with Gasteiger partial charge in [0.15, 0.2) is 17.3 Å². The molecular formula is C16H11F2N3O2S. The highest BCUT2D eigenvalue weighted by molar-refractivity contribution is 7.13. The van der Waals surface area contributed by atoms with Gasteiger partial charge in [0, 0.05) is 17.1 Å². The Bertz CT molecular complexity index is 881. The molecule has 0 spiro atoms. The molecule has 3 rings (SSSR count). The van der Waals surface area contributed by atoms with Crippen LogP contribution in [0.3, 0.4) is 0 Å². The summed E-state index contributed by atoms with van der Waals surface area (Å²) in [5, 5.41) is 1.90. The first-order valence-corrected chi connectivity index (χ1v) is 7.76. The highest BCUT2D eigenvalue weighted by Gasteiger charge is 2.15. The summed E-state index contributed by atoms with van der Waals surface area (Å²) in [6.45, 7) is 1.78. The average Bonchev–Trinajstić information content (AvgIpc) is 3.07. The molecule has 3 aromatic rings. The second-order valence-electron chi connectivity index (χ2n) is 4.89. The Morgan fingerprint density at radius 3 is 2.75 bits per heavy atom. The highest BCUT2D eigenvalue weighted by atomic mass is 32.1. The van der Waals surface area contributed by atoms with Crippen LogP contribution in [0, 0.1) is 18.6 Å². The Hall–Kier alpha value is -2.74. The van der Waals surface area contributed by atoms with Gasteiger partial charge < -0.3 is 4.74 Å². The fourth-order valence-corrected chi connectivity index (χ4v) is 2.62. The Morgan fingerprint density at radius 2 is 2.04 bits per heavy atom. The lowest BCUT2D eigenvalue weighted by Crippen LogP contribution is -2.07. The smallest absolute Gasteiger partial charge is 0.358 e. The minimum Gasteiger partial charge on any atom is -0.454 e. The van der Waals surface area contributed by atoms with Gasteiger partial charge in [0.25, 0.3) is 0 Å². The molecule has 0 N–H and O–H groups in total. The van der Waals surface area contributed by atoms with E-state index in [2.05, 4.69) is 15.0 Å². The molecule has 8 heteroatoms. The van der Waals surface area contributed by atoms with Crippen LogP contribution in [0.5, 0.6) is 0 Å². The molecule has 2 aromatic heterocycles. The molecule has 0 radical (unpaired) electrons. The van der Waals surface area contributed by atoms with Crippen LogP contribution in [-0.2, 0) is 11.3 Å². The van der Waals surface area contributed by atoms with E-state index >= 15 is 0 Å². The maximum Gasteiger partial charge on any atom is 0.358 e. The number of aryl methyl sites for hydroxylation is 1. The number of halogens is 2. The number of carbonyl (C=O) groups is 1. The zero-order chi connectivity index (χ0) is 17.1. The molecule has 0 amide bonds. The van der Waals surface area contributed by atoms with Gasteiger partial charge in [-0.1, -0.05) is 0 Å². The van der Waals surface area contributed by atoms with Crippen molar-refractivity contribution in [1.29, 1.82) is 0 Å². The Kier molecular flexibility index (Phi) is 4.57. The summed E-state index contributed by atoms with van der Waals surface area (Å²) in [6, 6.07) is 3.44. The lowest BCUT2D eigenvalue weighted by Gasteiger charge is -2.02. The molecule has 0 aliphatic heterocycles. The van der Waals surface area contributed by atoms with E-state index in [1.165, 1.54) is 17.6 Å². The first-order valence-electron chi connectivity index (χ1n) is 6.88. The largest absolute Gasteiger partial charge is 0.454 e. The van der Waals surface area contributed by atoms with Crippen LogP contribution < -0.4 is 0 Å². The number of rotatable bonds is 4. The molecule has 0 fully saturated rings. The maximum atomic E-state index is 13.3.